The normalized spacial score (nSPS) is 12.6. The SMILES string of the molecule is COc1ccc(CN(C)SCC(NSC(C)(C)C)c2cc(NC=O)ccc2F)cc1. The third kappa shape index (κ3) is 8.18. The third-order valence-corrected chi connectivity index (χ3v) is 6.20. The fourth-order valence-electron chi connectivity index (χ4n) is 2.64. The van der Waals surface area contributed by atoms with E-state index in [-0.39, 0.29) is 16.6 Å². The van der Waals surface area contributed by atoms with Crippen molar-refractivity contribution in [3.8, 4) is 5.75 Å². The Bertz CT molecular complexity index is 813. The lowest BCUT2D eigenvalue weighted by molar-refractivity contribution is -0.105. The maximum atomic E-state index is 14.6. The maximum absolute atomic E-state index is 14.6. The summed E-state index contributed by atoms with van der Waals surface area (Å²) < 4.78 is 25.4. The number of ether oxygens (including phenoxy) is 1. The van der Waals surface area contributed by atoms with Gasteiger partial charge in [0.1, 0.15) is 11.6 Å². The minimum absolute atomic E-state index is 0.0208. The number of hydrogen-bond acceptors (Lipinski definition) is 6. The molecule has 0 saturated carbocycles. The molecule has 1 amide bonds. The number of amides is 1. The molecular weight excluding hydrogens is 421 g/mol. The van der Waals surface area contributed by atoms with Crippen molar-refractivity contribution < 1.29 is 13.9 Å². The van der Waals surface area contributed by atoms with Gasteiger partial charge in [0.15, 0.2) is 0 Å². The van der Waals surface area contributed by atoms with Gasteiger partial charge in [0.05, 0.1) is 13.2 Å². The molecule has 0 fully saturated rings. The molecule has 0 bridgehead atoms. The first-order valence-electron chi connectivity index (χ1n) is 9.62. The number of benzene rings is 2. The molecule has 8 heteroatoms. The van der Waals surface area contributed by atoms with Gasteiger partial charge in [-0.25, -0.2) is 8.70 Å². The zero-order valence-corrected chi connectivity index (χ0v) is 19.7. The van der Waals surface area contributed by atoms with E-state index in [4.69, 9.17) is 4.74 Å². The van der Waals surface area contributed by atoms with E-state index >= 15 is 0 Å². The number of carbonyl (C=O) groups is 1. The fourth-order valence-corrected chi connectivity index (χ4v) is 4.36. The van der Waals surface area contributed by atoms with Crippen molar-refractivity contribution in [1.29, 1.82) is 0 Å². The highest BCUT2D eigenvalue weighted by Gasteiger charge is 2.21. The second-order valence-electron chi connectivity index (χ2n) is 7.81. The highest BCUT2D eigenvalue weighted by atomic mass is 32.2. The van der Waals surface area contributed by atoms with E-state index in [0.717, 1.165) is 12.3 Å². The Balaban J connectivity index is 2.09. The Labute approximate surface area is 187 Å². The van der Waals surface area contributed by atoms with Crippen molar-refractivity contribution in [2.24, 2.45) is 0 Å². The van der Waals surface area contributed by atoms with Gasteiger partial charge in [0, 0.05) is 28.3 Å². The number of halogens is 1. The predicted molar refractivity (Wildman–Crippen MR) is 126 cm³/mol. The molecule has 164 valence electrons. The molecule has 1 unspecified atom stereocenters. The lowest BCUT2D eigenvalue weighted by Crippen LogP contribution is -2.25. The number of anilines is 1. The van der Waals surface area contributed by atoms with Crippen LogP contribution in [0.4, 0.5) is 10.1 Å². The van der Waals surface area contributed by atoms with Gasteiger partial charge in [-0.1, -0.05) is 36.0 Å². The first-order chi connectivity index (χ1) is 14.2. The lowest BCUT2D eigenvalue weighted by Gasteiger charge is -2.26. The number of nitrogens with zero attached hydrogens (tertiary/aromatic N) is 1. The largest absolute Gasteiger partial charge is 0.497 e. The first kappa shape index (κ1) is 24.5. The van der Waals surface area contributed by atoms with Crippen LogP contribution in [0.15, 0.2) is 42.5 Å². The van der Waals surface area contributed by atoms with E-state index in [1.165, 1.54) is 11.6 Å². The average Bonchev–Trinajstić information content (AvgIpc) is 2.70. The smallest absolute Gasteiger partial charge is 0.211 e. The van der Waals surface area contributed by atoms with Crippen molar-refractivity contribution in [3.63, 3.8) is 0 Å². The summed E-state index contributed by atoms with van der Waals surface area (Å²) >= 11 is 3.20. The van der Waals surface area contributed by atoms with Crippen LogP contribution < -0.4 is 14.8 Å². The predicted octanol–water partition coefficient (Wildman–Crippen LogP) is 5.26. The van der Waals surface area contributed by atoms with Crippen LogP contribution in [0.3, 0.4) is 0 Å². The summed E-state index contributed by atoms with van der Waals surface area (Å²) in [6.45, 7) is 7.06. The van der Waals surface area contributed by atoms with Crippen molar-refractivity contribution in [1.82, 2.24) is 9.03 Å². The van der Waals surface area contributed by atoms with Crippen molar-refractivity contribution >= 4 is 36.0 Å². The number of hydrogen-bond donors (Lipinski definition) is 2. The van der Waals surface area contributed by atoms with Crippen LogP contribution in [0.1, 0.15) is 37.9 Å². The lowest BCUT2D eigenvalue weighted by atomic mass is 10.1. The van der Waals surface area contributed by atoms with Gasteiger partial charge in [0.25, 0.3) is 0 Å². The van der Waals surface area contributed by atoms with Crippen molar-refractivity contribution in [3.05, 3.63) is 59.4 Å². The van der Waals surface area contributed by atoms with Gasteiger partial charge in [-0.05, 0) is 63.7 Å². The van der Waals surface area contributed by atoms with E-state index in [1.807, 2.05) is 31.3 Å². The summed E-state index contributed by atoms with van der Waals surface area (Å²) in [7, 11) is 3.67. The van der Waals surface area contributed by atoms with E-state index in [1.54, 1.807) is 43.1 Å². The van der Waals surface area contributed by atoms with Crippen molar-refractivity contribution in [2.75, 3.05) is 25.2 Å². The summed E-state index contributed by atoms with van der Waals surface area (Å²) in [4.78, 5) is 10.8. The highest BCUT2D eigenvalue weighted by Crippen LogP contribution is 2.30. The van der Waals surface area contributed by atoms with Gasteiger partial charge in [0.2, 0.25) is 6.41 Å². The quantitative estimate of drug-likeness (QED) is 0.359. The van der Waals surface area contributed by atoms with Gasteiger partial charge in [-0.15, -0.1) is 0 Å². The molecule has 0 aromatic heterocycles. The van der Waals surface area contributed by atoms with Gasteiger partial charge >= 0.3 is 0 Å². The van der Waals surface area contributed by atoms with Crippen LogP contribution in [0.25, 0.3) is 0 Å². The molecule has 0 radical (unpaired) electrons. The van der Waals surface area contributed by atoms with Crippen LogP contribution in [-0.2, 0) is 11.3 Å². The van der Waals surface area contributed by atoms with Crippen LogP contribution in [0.5, 0.6) is 5.75 Å². The molecule has 1 atom stereocenters. The fraction of sp³-hybridized carbons (Fsp3) is 0.409. The molecule has 0 aliphatic carbocycles. The standard InChI is InChI=1S/C22H30FN3O2S2/c1-22(2,3)30-25-21(19-12-17(24-15-27)8-11-20(19)23)14-29-26(4)13-16-6-9-18(28-5)10-7-16/h6-12,15,21,25H,13-14H2,1-5H3,(H,24,27). The number of rotatable bonds is 11. The molecule has 2 aromatic rings. The molecule has 2 aromatic carbocycles. The summed E-state index contributed by atoms with van der Waals surface area (Å²) in [6.07, 6.45) is 0.598. The topological polar surface area (TPSA) is 53.6 Å². The molecule has 0 spiro atoms. The Kier molecular flexibility index (Phi) is 9.48. The molecule has 30 heavy (non-hydrogen) atoms. The van der Waals surface area contributed by atoms with E-state index in [2.05, 4.69) is 35.1 Å². The number of methoxy groups -OCH3 is 1. The summed E-state index contributed by atoms with van der Waals surface area (Å²) in [5, 5.41) is 2.60. The summed E-state index contributed by atoms with van der Waals surface area (Å²) in [5.41, 5.74) is 2.28. The Morgan fingerprint density at radius 3 is 2.50 bits per heavy atom. The molecular formula is C22H30FN3O2S2. The van der Waals surface area contributed by atoms with Crippen LogP contribution in [-0.4, -0.2) is 35.4 Å². The second kappa shape index (κ2) is 11.6. The molecule has 0 saturated heterocycles. The van der Waals surface area contributed by atoms with Crippen LogP contribution in [0, 0.1) is 5.82 Å². The zero-order valence-electron chi connectivity index (χ0n) is 18.1. The minimum atomic E-state index is -0.295. The van der Waals surface area contributed by atoms with Crippen molar-refractivity contribution in [2.45, 2.75) is 38.1 Å². The third-order valence-electron chi connectivity index (χ3n) is 4.13. The zero-order chi connectivity index (χ0) is 22.1. The first-order valence-corrected chi connectivity index (χ1v) is 11.4. The van der Waals surface area contributed by atoms with E-state index < -0.39 is 0 Å². The summed E-state index contributed by atoms with van der Waals surface area (Å²) in [5.74, 6) is 1.17. The van der Waals surface area contributed by atoms with Gasteiger partial charge in [-0.3, -0.25) is 9.52 Å². The van der Waals surface area contributed by atoms with Crippen LogP contribution >= 0.6 is 23.9 Å². The van der Waals surface area contributed by atoms with Gasteiger partial charge < -0.3 is 10.1 Å². The summed E-state index contributed by atoms with van der Waals surface area (Å²) in [6, 6.07) is 12.4. The van der Waals surface area contributed by atoms with E-state index in [9.17, 15) is 9.18 Å². The number of nitrogens with one attached hydrogen (secondary N) is 2. The highest BCUT2D eigenvalue weighted by molar-refractivity contribution is 7.99. The Hall–Kier alpha value is -1.74. The molecule has 2 rings (SSSR count). The molecule has 0 aliphatic heterocycles. The Morgan fingerprint density at radius 1 is 1.20 bits per heavy atom. The van der Waals surface area contributed by atoms with E-state index in [0.29, 0.717) is 23.4 Å². The molecule has 0 aliphatic rings. The number of carbonyl (C=O) groups excluding carboxylic acids is 1. The maximum Gasteiger partial charge on any atom is 0.211 e. The molecule has 5 nitrogen and oxygen atoms in total. The van der Waals surface area contributed by atoms with Crippen LogP contribution in [0.2, 0.25) is 0 Å². The molecule has 2 N–H and O–H groups in total. The van der Waals surface area contributed by atoms with Gasteiger partial charge in [-0.2, -0.15) is 0 Å². The minimum Gasteiger partial charge on any atom is -0.497 e. The average molecular weight is 452 g/mol. The monoisotopic (exact) mass is 451 g/mol. The second-order valence-corrected chi connectivity index (χ2v) is 10.7. The Morgan fingerprint density at radius 2 is 1.90 bits per heavy atom. The molecule has 0 heterocycles.